The second kappa shape index (κ2) is 5.86. The second-order valence-electron chi connectivity index (χ2n) is 3.82. The molecular weight excluding hydrogens is 236 g/mol. The largest absolute Gasteiger partial charge is 0.339 e. The first-order valence-corrected chi connectivity index (χ1v) is 6.69. The van der Waals surface area contributed by atoms with Crippen LogP contribution in [0.1, 0.15) is 31.5 Å². The topological polar surface area (TPSA) is 56.7 Å². The summed E-state index contributed by atoms with van der Waals surface area (Å²) in [5.41, 5.74) is 0. The molecule has 0 unspecified atom stereocenters. The molecule has 0 radical (unpaired) electrons. The molecule has 2 aromatic rings. The molecule has 0 aliphatic rings. The van der Waals surface area contributed by atoms with Gasteiger partial charge >= 0.3 is 0 Å². The molecule has 0 saturated carbocycles. The maximum atomic E-state index is 5.17. The summed E-state index contributed by atoms with van der Waals surface area (Å²) in [7, 11) is 1.97. The Hall–Kier alpha value is -1.30. The van der Waals surface area contributed by atoms with Gasteiger partial charge in [-0.25, -0.2) is 4.98 Å². The Labute approximate surface area is 105 Å². The summed E-state index contributed by atoms with van der Waals surface area (Å²) in [4.78, 5) is 8.57. The molecular formula is C11H16N4OS. The molecule has 0 aromatic carbocycles. The number of aryl methyl sites for hydroxylation is 2. The van der Waals surface area contributed by atoms with Crippen molar-refractivity contribution in [2.75, 3.05) is 0 Å². The van der Waals surface area contributed by atoms with Crippen LogP contribution in [0.5, 0.6) is 0 Å². The van der Waals surface area contributed by atoms with Crippen molar-refractivity contribution < 1.29 is 4.52 Å². The van der Waals surface area contributed by atoms with Gasteiger partial charge in [-0.15, -0.1) is 0 Å². The van der Waals surface area contributed by atoms with Gasteiger partial charge in [0.25, 0.3) is 0 Å². The van der Waals surface area contributed by atoms with Crippen molar-refractivity contribution in [3.05, 3.63) is 24.1 Å². The van der Waals surface area contributed by atoms with Crippen LogP contribution in [0.3, 0.4) is 0 Å². The zero-order chi connectivity index (χ0) is 12.1. The van der Waals surface area contributed by atoms with E-state index in [-0.39, 0.29) is 0 Å². The SMILES string of the molecule is CCCCc1nc(CSc2nccn2C)no1. The van der Waals surface area contributed by atoms with Gasteiger partial charge < -0.3 is 9.09 Å². The maximum absolute atomic E-state index is 5.17. The van der Waals surface area contributed by atoms with Gasteiger partial charge in [0.2, 0.25) is 5.89 Å². The van der Waals surface area contributed by atoms with Gasteiger partial charge in [-0.2, -0.15) is 4.98 Å². The zero-order valence-corrected chi connectivity index (χ0v) is 10.9. The van der Waals surface area contributed by atoms with Crippen molar-refractivity contribution in [3.8, 4) is 0 Å². The molecule has 17 heavy (non-hydrogen) atoms. The van der Waals surface area contributed by atoms with Crippen molar-refractivity contribution in [1.82, 2.24) is 19.7 Å². The fourth-order valence-electron chi connectivity index (χ4n) is 1.40. The summed E-state index contributed by atoms with van der Waals surface area (Å²) in [6.45, 7) is 2.15. The highest BCUT2D eigenvalue weighted by atomic mass is 32.2. The predicted octanol–water partition coefficient (Wildman–Crippen LogP) is 2.44. The van der Waals surface area contributed by atoms with Gasteiger partial charge in [-0.3, -0.25) is 0 Å². The minimum Gasteiger partial charge on any atom is -0.339 e. The van der Waals surface area contributed by atoms with Gasteiger partial charge in [0.15, 0.2) is 11.0 Å². The standard InChI is InChI=1S/C11H16N4OS/c1-3-4-5-10-13-9(14-16-10)8-17-11-12-6-7-15(11)2/h6-7H,3-5,8H2,1-2H3. The smallest absolute Gasteiger partial charge is 0.226 e. The Kier molecular flexibility index (Phi) is 4.19. The Morgan fingerprint density at radius 3 is 3.06 bits per heavy atom. The summed E-state index contributed by atoms with van der Waals surface area (Å²) < 4.78 is 7.14. The summed E-state index contributed by atoms with van der Waals surface area (Å²) >= 11 is 1.61. The number of rotatable bonds is 6. The molecule has 2 rings (SSSR count). The van der Waals surface area contributed by atoms with Crippen molar-refractivity contribution >= 4 is 11.8 Å². The first kappa shape index (κ1) is 12.2. The predicted molar refractivity (Wildman–Crippen MR) is 65.7 cm³/mol. The van der Waals surface area contributed by atoms with E-state index in [1.807, 2.05) is 17.8 Å². The molecule has 0 fully saturated rings. The monoisotopic (exact) mass is 252 g/mol. The van der Waals surface area contributed by atoms with E-state index < -0.39 is 0 Å². The molecule has 0 bridgehead atoms. The normalized spacial score (nSPS) is 10.9. The van der Waals surface area contributed by atoms with Crippen LogP contribution >= 0.6 is 11.8 Å². The number of thioether (sulfide) groups is 1. The molecule has 0 aliphatic heterocycles. The summed E-state index contributed by atoms with van der Waals surface area (Å²) in [6.07, 6.45) is 6.81. The summed E-state index contributed by atoms with van der Waals surface area (Å²) in [6, 6.07) is 0. The van der Waals surface area contributed by atoms with E-state index in [2.05, 4.69) is 22.0 Å². The number of hydrogen-bond acceptors (Lipinski definition) is 5. The average Bonchev–Trinajstić information content (AvgIpc) is 2.93. The molecule has 0 amide bonds. The number of unbranched alkanes of at least 4 members (excludes halogenated alkanes) is 1. The highest BCUT2D eigenvalue weighted by molar-refractivity contribution is 7.98. The van der Waals surface area contributed by atoms with E-state index in [9.17, 15) is 0 Å². The number of imidazole rings is 1. The van der Waals surface area contributed by atoms with E-state index in [4.69, 9.17) is 4.52 Å². The van der Waals surface area contributed by atoms with E-state index >= 15 is 0 Å². The highest BCUT2D eigenvalue weighted by Crippen LogP contribution is 2.18. The lowest BCUT2D eigenvalue weighted by molar-refractivity contribution is 0.371. The molecule has 0 saturated heterocycles. The Morgan fingerprint density at radius 2 is 2.35 bits per heavy atom. The number of nitrogens with zero attached hydrogens (tertiary/aromatic N) is 4. The van der Waals surface area contributed by atoms with Crippen LogP contribution in [0.2, 0.25) is 0 Å². The molecule has 2 aromatic heterocycles. The van der Waals surface area contributed by atoms with E-state index in [1.165, 1.54) is 0 Å². The maximum Gasteiger partial charge on any atom is 0.226 e. The molecule has 2 heterocycles. The molecule has 6 heteroatoms. The van der Waals surface area contributed by atoms with Crippen LogP contribution in [0, 0.1) is 0 Å². The fraction of sp³-hybridized carbons (Fsp3) is 0.545. The summed E-state index contributed by atoms with van der Waals surface area (Å²) in [5, 5.41) is 4.92. The first-order chi connectivity index (χ1) is 8.29. The van der Waals surface area contributed by atoms with Gasteiger partial charge in [0, 0.05) is 25.9 Å². The van der Waals surface area contributed by atoms with Gasteiger partial charge in [0.1, 0.15) is 0 Å². The molecule has 0 N–H and O–H groups in total. The Bertz CT molecular complexity index is 465. The van der Waals surface area contributed by atoms with Crippen molar-refractivity contribution in [2.24, 2.45) is 7.05 Å². The van der Waals surface area contributed by atoms with Crippen LogP contribution in [-0.4, -0.2) is 19.7 Å². The summed E-state index contributed by atoms with van der Waals surface area (Å²) in [5.74, 6) is 2.17. The molecule has 0 spiro atoms. The quantitative estimate of drug-likeness (QED) is 0.739. The van der Waals surface area contributed by atoms with Crippen molar-refractivity contribution in [1.29, 1.82) is 0 Å². The van der Waals surface area contributed by atoms with Gasteiger partial charge in [-0.1, -0.05) is 30.3 Å². The van der Waals surface area contributed by atoms with Gasteiger partial charge in [-0.05, 0) is 6.42 Å². The first-order valence-electron chi connectivity index (χ1n) is 5.71. The Balaban J connectivity index is 1.87. The average molecular weight is 252 g/mol. The lowest BCUT2D eigenvalue weighted by Gasteiger charge is -1.97. The van der Waals surface area contributed by atoms with E-state index in [1.54, 1.807) is 18.0 Å². The lowest BCUT2D eigenvalue weighted by atomic mass is 10.2. The molecule has 5 nitrogen and oxygen atoms in total. The third-order valence-corrected chi connectivity index (χ3v) is 3.42. The van der Waals surface area contributed by atoms with E-state index in [0.29, 0.717) is 5.75 Å². The van der Waals surface area contributed by atoms with Gasteiger partial charge in [0.05, 0.1) is 5.75 Å². The van der Waals surface area contributed by atoms with E-state index in [0.717, 1.165) is 36.1 Å². The fourth-order valence-corrected chi connectivity index (χ4v) is 2.17. The number of hydrogen-bond donors (Lipinski definition) is 0. The molecule has 0 aliphatic carbocycles. The van der Waals surface area contributed by atoms with Crippen molar-refractivity contribution in [3.63, 3.8) is 0 Å². The third-order valence-electron chi connectivity index (χ3n) is 2.36. The highest BCUT2D eigenvalue weighted by Gasteiger charge is 2.07. The molecule has 0 atom stereocenters. The van der Waals surface area contributed by atoms with Crippen LogP contribution in [0.25, 0.3) is 0 Å². The molecule has 92 valence electrons. The second-order valence-corrected chi connectivity index (χ2v) is 4.76. The van der Waals surface area contributed by atoms with Crippen molar-refractivity contribution in [2.45, 2.75) is 37.1 Å². The van der Waals surface area contributed by atoms with Crippen LogP contribution in [0.4, 0.5) is 0 Å². The van der Waals surface area contributed by atoms with Crippen LogP contribution < -0.4 is 0 Å². The zero-order valence-electron chi connectivity index (χ0n) is 10.1. The Morgan fingerprint density at radius 1 is 1.47 bits per heavy atom. The van der Waals surface area contributed by atoms with Crippen LogP contribution in [-0.2, 0) is 19.2 Å². The third kappa shape index (κ3) is 3.33. The number of aromatic nitrogens is 4. The lowest BCUT2D eigenvalue weighted by Crippen LogP contribution is -1.91. The minimum atomic E-state index is 0.695. The minimum absolute atomic E-state index is 0.695. The van der Waals surface area contributed by atoms with Crippen LogP contribution in [0.15, 0.2) is 22.1 Å².